The second-order valence-electron chi connectivity index (χ2n) is 7.08. The van der Waals surface area contributed by atoms with Gasteiger partial charge in [0.25, 0.3) is 0 Å². The molecule has 3 rings (SSSR count). The Balaban J connectivity index is 2.21. The SMILES string of the molecule is Cc1ccc(-c2ccc(C)c(-c3ccc(C(F)(F)F)cc3C(F)(F)F)c2)cc1C. The number of rotatable bonds is 2. The molecular formula is C23H18F6. The van der Waals surface area contributed by atoms with Crippen molar-refractivity contribution in [3.05, 3.63) is 82.4 Å². The maximum atomic E-state index is 13.6. The lowest BCUT2D eigenvalue weighted by Crippen LogP contribution is -2.12. The van der Waals surface area contributed by atoms with Crippen LogP contribution in [0.5, 0.6) is 0 Å². The van der Waals surface area contributed by atoms with E-state index in [0.717, 1.165) is 22.8 Å². The lowest BCUT2D eigenvalue weighted by Gasteiger charge is -2.18. The first-order chi connectivity index (χ1) is 13.4. The van der Waals surface area contributed by atoms with E-state index < -0.39 is 23.5 Å². The predicted molar refractivity (Wildman–Crippen MR) is 102 cm³/mol. The lowest BCUT2D eigenvalue weighted by atomic mass is 9.90. The van der Waals surface area contributed by atoms with Crippen molar-refractivity contribution in [2.45, 2.75) is 33.1 Å². The van der Waals surface area contributed by atoms with Crippen LogP contribution < -0.4 is 0 Å². The van der Waals surface area contributed by atoms with Crippen molar-refractivity contribution in [2.24, 2.45) is 0 Å². The van der Waals surface area contributed by atoms with E-state index in [2.05, 4.69) is 0 Å². The summed E-state index contributed by atoms with van der Waals surface area (Å²) in [6.07, 6.45) is -9.77. The van der Waals surface area contributed by atoms with Gasteiger partial charge in [-0.1, -0.05) is 36.4 Å². The van der Waals surface area contributed by atoms with Crippen molar-refractivity contribution < 1.29 is 26.3 Å². The first kappa shape index (κ1) is 21.0. The molecule has 0 radical (unpaired) electrons. The highest BCUT2D eigenvalue weighted by molar-refractivity contribution is 5.78. The van der Waals surface area contributed by atoms with Gasteiger partial charge in [0.2, 0.25) is 0 Å². The molecule has 6 heteroatoms. The van der Waals surface area contributed by atoms with Gasteiger partial charge in [-0.2, -0.15) is 26.3 Å². The molecule has 0 aliphatic rings. The normalized spacial score (nSPS) is 12.3. The van der Waals surface area contributed by atoms with Crippen LogP contribution in [0.3, 0.4) is 0 Å². The van der Waals surface area contributed by atoms with Gasteiger partial charge in [-0.25, -0.2) is 0 Å². The molecule has 0 bridgehead atoms. The molecule has 0 saturated heterocycles. The van der Waals surface area contributed by atoms with Gasteiger partial charge in [-0.05, 0) is 77.9 Å². The highest BCUT2D eigenvalue weighted by Gasteiger charge is 2.38. The molecule has 3 aromatic carbocycles. The molecule has 0 nitrogen and oxygen atoms in total. The smallest absolute Gasteiger partial charge is 0.166 e. The number of halogens is 6. The minimum Gasteiger partial charge on any atom is -0.166 e. The summed E-state index contributed by atoms with van der Waals surface area (Å²) in [5, 5.41) is 0. The Kier molecular flexibility index (Phi) is 5.24. The molecule has 0 amide bonds. The maximum Gasteiger partial charge on any atom is 0.417 e. The van der Waals surface area contributed by atoms with E-state index in [9.17, 15) is 26.3 Å². The lowest BCUT2D eigenvalue weighted by molar-refractivity contribution is -0.142. The number of aryl methyl sites for hydroxylation is 3. The molecule has 0 unspecified atom stereocenters. The van der Waals surface area contributed by atoms with Crippen LogP contribution in [-0.2, 0) is 12.4 Å². The summed E-state index contributed by atoms with van der Waals surface area (Å²) in [6.45, 7) is 5.53. The number of hydrogen-bond acceptors (Lipinski definition) is 0. The Hall–Kier alpha value is -2.76. The minimum atomic E-state index is -4.92. The summed E-state index contributed by atoms with van der Waals surface area (Å²) in [7, 11) is 0. The van der Waals surface area contributed by atoms with Crippen molar-refractivity contribution in [1.82, 2.24) is 0 Å². The summed E-state index contributed by atoms with van der Waals surface area (Å²) in [6, 6.07) is 12.6. The molecule has 0 N–H and O–H groups in total. The highest BCUT2D eigenvalue weighted by Crippen LogP contribution is 2.42. The zero-order chi connectivity index (χ0) is 21.6. The van der Waals surface area contributed by atoms with Crippen molar-refractivity contribution in [2.75, 3.05) is 0 Å². The summed E-state index contributed by atoms with van der Waals surface area (Å²) in [5.41, 5.74) is 1.55. The standard InChI is InChI=1S/C23H18F6/c1-13-4-6-16(10-15(13)3)17-7-5-14(2)20(11-17)19-9-8-18(22(24,25)26)12-21(19)23(27,28)29/h4-12H,1-3H3. The molecule has 0 aliphatic carbocycles. The van der Waals surface area contributed by atoms with E-state index in [1.807, 2.05) is 32.0 Å². The van der Waals surface area contributed by atoms with Crippen molar-refractivity contribution in [1.29, 1.82) is 0 Å². The van der Waals surface area contributed by atoms with Gasteiger partial charge in [-0.3, -0.25) is 0 Å². The summed E-state index contributed by atoms with van der Waals surface area (Å²) < 4.78 is 79.6. The average molecular weight is 408 g/mol. The highest BCUT2D eigenvalue weighted by atomic mass is 19.4. The quantitative estimate of drug-likeness (QED) is 0.377. The third-order valence-corrected chi connectivity index (χ3v) is 5.02. The second-order valence-corrected chi connectivity index (χ2v) is 7.08. The number of alkyl halides is 6. The van der Waals surface area contributed by atoms with Crippen LogP contribution >= 0.6 is 0 Å². The fraction of sp³-hybridized carbons (Fsp3) is 0.217. The second kappa shape index (κ2) is 7.25. The van der Waals surface area contributed by atoms with Crippen LogP contribution in [0, 0.1) is 20.8 Å². The summed E-state index contributed by atoms with van der Waals surface area (Å²) in [4.78, 5) is 0. The minimum absolute atomic E-state index is 0.178. The van der Waals surface area contributed by atoms with Gasteiger partial charge in [0.1, 0.15) is 0 Å². The Morgan fingerprint density at radius 2 is 1.10 bits per heavy atom. The molecule has 152 valence electrons. The van der Waals surface area contributed by atoms with E-state index >= 15 is 0 Å². The Morgan fingerprint density at radius 3 is 1.66 bits per heavy atom. The van der Waals surface area contributed by atoms with Crippen molar-refractivity contribution >= 4 is 0 Å². The third-order valence-electron chi connectivity index (χ3n) is 5.02. The largest absolute Gasteiger partial charge is 0.417 e. The van der Waals surface area contributed by atoms with Crippen LogP contribution in [0.25, 0.3) is 22.3 Å². The van der Waals surface area contributed by atoms with E-state index in [1.54, 1.807) is 25.1 Å². The van der Waals surface area contributed by atoms with Crippen molar-refractivity contribution in [3.63, 3.8) is 0 Å². The molecule has 0 saturated carbocycles. The summed E-state index contributed by atoms with van der Waals surface area (Å²) in [5.74, 6) is 0. The molecule has 0 heterocycles. The van der Waals surface area contributed by atoms with E-state index in [4.69, 9.17) is 0 Å². The first-order valence-corrected chi connectivity index (χ1v) is 8.85. The summed E-state index contributed by atoms with van der Waals surface area (Å²) >= 11 is 0. The monoisotopic (exact) mass is 408 g/mol. The molecule has 0 aliphatic heterocycles. The van der Waals surface area contributed by atoms with Crippen LogP contribution in [0.2, 0.25) is 0 Å². The van der Waals surface area contributed by atoms with Gasteiger partial charge in [0.15, 0.2) is 0 Å². The molecule has 29 heavy (non-hydrogen) atoms. The van der Waals surface area contributed by atoms with Gasteiger partial charge < -0.3 is 0 Å². The van der Waals surface area contributed by atoms with Gasteiger partial charge in [0.05, 0.1) is 11.1 Å². The fourth-order valence-corrected chi connectivity index (χ4v) is 3.20. The van der Waals surface area contributed by atoms with Crippen molar-refractivity contribution in [3.8, 4) is 22.3 Å². The first-order valence-electron chi connectivity index (χ1n) is 8.85. The average Bonchev–Trinajstić information content (AvgIpc) is 2.62. The van der Waals surface area contributed by atoms with Crippen LogP contribution in [0.4, 0.5) is 26.3 Å². The molecule has 0 aromatic heterocycles. The van der Waals surface area contributed by atoms with Crippen LogP contribution in [-0.4, -0.2) is 0 Å². The van der Waals surface area contributed by atoms with E-state index in [0.29, 0.717) is 17.2 Å². The Labute approximate surface area is 164 Å². The van der Waals surface area contributed by atoms with Crippen LogP contribution in [0.15, 0.2) is 54.6 Å². The topological polar surface area (TPSA) is 0 Å². The number of hydrogen-bond donors (Lipinski definition) is 0. The zero-order valence-corrected chi connectivity index (χ0v) is 16.0. The van der Waals surface area contributed by atoms with E-state index in [1.165, 1.54) is 0 Å². The fourth-order valence-electron chi connectivity index (χ4n) is 3.20. The molecular weight excluding hydrogens is 390 g/mol. The van der Waals surface area contributed by atoms with Crippen LogP contribution in [0.1, 0.15) is 27.8 Å². The zero-order valence-electron chi connectivity index (χ0n) is 16.0. The van der Waals surface area contributed by atoms with Gasteiger partial charge in [0, 0.05) is 0 Å². The Bertz CT molecular complexity index is 1060. The third kappa shape index (κ3) is 4.31. The van der Waals surface area contributed by atoms with Gasteiger partial charge >= 0.3 is 12.4 Å². The molecule has 0 spiro atoms. The Morgan fingerprint density at radius 1 is 0.517 bits per heavy atom. The maximum absolute atomic E-state index is 13.6. The van der Waals surface area contributed by atoms with Gasteiger partial charge in [-0.15, -0.1) is 0 Å². The predicted octanol–water partition coefficient (Wildman–Crippen LogP) is 7.98. The van der Waals surface area contributed by atoms with E-state index in [-0.39, 0.29) is 17.2 Å². The molecule has 0 atom stereocenters. The molecule has 0 fully saturated rings. The molecule has 3 aromatic rings. The number of benzene rings is 3.